The van der Waals surface area contributed by atoms with E-state index in [2.05, 4.69) is 16.0 Å². The lowest BCUT2D eigenvalue weighted by atomic mass is 9.99. The van der Waals surface area contributed by atoms with Crippen LogP contribution in [0.25, 0.3) is 0 Å². The molecule has 0 saturated carbocycles. The molecular formula is C23H49N7O3. The molecule has 0 spiro atoms. The molecule has 0 rings (SSSR count). The van der Waals surface area contributed by atoms with E-state index in [1.807, 2.05) is 0 Å². The molecule has 1 amide bonds. The highest BCUT2D eigenvalue weighted by Gasteiger charge is 2.24. The molecule has 0 radical (unpaired) electrons. The SMILES string of the molecule is N=C(N)NCCCCCCCCCCC(=O)C(N)C(O)CC(=O)NCCCCNCCCN. The number of aliphatic hydroxyl groups is 1. The first-order valence-electron chi connectivity index (χ1n) is 12.6. The van der Waals surface area contributed by atoms with Gasteiger partial charge in [0.25, 0.3) is 0 Å². The van der Waals surface area contributed by atoms with Gasteiger partial charge in [0.05, 0.1) is 18.6 Å². The fourth-order valence-corrected chi connectivity index (χ4v) is 3.43. The van der Waals surface area contributed by atoms with Crippen LogP contribution >= 0.6 is 0 Å². The Kier molecular flexibility index (Phi) is 20.9. The number of unbranched alkanes of at least 4 members (excludes halogenated alkanes) is 8. The Morgan fingerprint density at radius 3 is 1.94 bits per heavy atom. The van der Waals surface area contributed by atoms with Crippen molar-refractivity contribution in [2.45, 2.75) is 95.6 Å². The number of Topliss-reactive ketones (excluding diaryl/α,β-unsaturated/α-hetero) is 1. The standard InChI is InChI=1S/C23H49N7O3/c24-13-11-15-28-14-9-10-16-29-21(33)18-20(32)22(25)19(31)12-7-5-3-1-2-4-6-8-17-30-23(26)27/h20,22,28,32H,1-18,24-25H2,(H,29,33)(H4,26,27,30). The van der Waals surface area contributed by atoms with E-state index in [0.717, 1.165) is 90.3 Å². The molecule has 0 bridgehead atoms. The summed E-state index contributed by atoms with van der Waals surface area (Å²) in [5.41, 5.74) is 16.5. The molecule has 33 heavy (non-hydrogen) atoms. The van der Waals surface area contributed by atoms with E-state index in [1.54, 1.807) is 0 Å². The highest BCUT2D eigenvalue weighted by Crippen LogP contribution is 2.11. The maximum Gasteiger partial charge on any atom is 0.222 e. The highest BCUT2D eigenvalue weighted by atomic mass is 16.3. The average molecular weight is 472 g/mol. The molecule has 0 aliphatic heterocycles. The molecule has 0 heterocycles. The van der Waals surface area contributed by atoms with Gasteiger partial charge < -0.3 is 38.3 Å². The molecule has 0 fully saturated rings. The van der Waals surface area contributed by atoms with Gasteiger partial charge in [0.15, 0.2) is 11.7 Å². The normalized spacial score (nSPS) is 12.8. The summed E-state index contributed by atoms with van der Waals surface area (Å²) < 4.78 is 0. The van der Waals surface area contributed by atoms with E-state index in [-0.39, 0.29) is 24.1 Å². The molecule has 2 unspecified atom stereocenters. The number of carbonyl (C=O) groups is 2. The Bertz CT molecular complexity index is 520. The lowest BCUT2D eigenvalue weighted by Gasteiger charge is -2.17. The third kappa shape index (κ3) is 20.6. The van der Waals surface area contributed by atoms with Crippen molar-refractivity contribution >= 4 is 17.6 Å². The van der Waals surface area contributed by atoms with Gasteiger partial charge in [-0.05, 0) is 51.7 Å². The Morgan fingerprint density at radius 1 is 0.788 bits per heavy atom. The average Bonchev–Trinajstić information content (AvgIpc) is 2.78. The van der Waals surface area contributed by atoms with Crippen LogP contribution < -0.4 is 33.2 Å². The van der Waals surface area contributed by atoms with Crippen LogP contribution in [0.4, 0.5) is 0 Å². The number of ketones is 1. The smallest absolute Gasteiger partial charge is 0.222 e. The highest BCUT2D eigenvalue weighted by molar-refractivity contribution is 5.85. The van der Waals surface area contributed by atoms with Crippen molar-refractivity contribution < 1.29 is 14.7 Å². The minimum atomic E-state index is -1.15. The molecule has 11 N–H and O–H groups in total. The van der Waals surface area contributed by atoms with Crippen LogP contribution in [0.5, 0.6) is 0 Å². The minimum absolute atomic E-state index is 0.0221. The van der Waals surface area contributed by atoms with Gasteiger partial charge in [-0.3, -0.25) is 15.0 Å². The number of nitrogens with two attached hydrogens (primary N) is 3. The summed E-state index contributed by atoms with van der Waals surface area (Å²) in [4.78, 5) is 24.1. The summed E-state index contributed by atoms with van der Waals surface area (Å²) in [6.07, 6.45) is 10.2. The van der Waals surface area contributed by atoms with Crippen LogP contribution in [0.2, 0.25) is 0 Å². The minimum Gasteiger partial charge on any atom is -0.390 e. The molecule has 0 aliphatic rings. The van der Waals surface area contributed by atoms with Crippen molar-refractivity contribution in [1.82, 2.24) is 16.0 Å². The molecule has 10 nitrogen and oxygen atoms in total. The van der Waals surface area contributed by atoms with E-state index < -0.39 is 12.1 Å². The van der Waals surface area contributed by atoms with Crippen molar-refractivity contribution in [3.63, 3.8) is 0 Å². The van der Waals surface area contributed by atoms with Crippen LogP contribution in [0.1, 0.15) is 83.5 Å². The molecule has 0 aromatic rings. The summed E-state index contributed by atoms with van der Waals surface area (Å²) in [5.74, 6) is -0.440. The van der Waals surface area contributed by atoms with Gasteiger partial charge in [0.2, 0.25) is 5.91 Å². The van der Waals surface area contributed by atoms with Crippen LogP contribution in [0.3, 0.4) is 0 Å². The third-order valence-corrected chi connectivity index (χ3v) is 5.51. The molecule has 10 heteroatoms. The van der Waals surface area contributed by atoms with Gasteiger partial charge in [-0.15, -0.1) is 0 Å². The first-order chi connectivity index (χ1) is 15.9. The van der Waals surface area contributed by atoms with Gasteiger partial charge in [0, 0.05) is 19.5 Å². The Morgan fingerprint density at radius 2 is 1.30 bits per heavy atom. The molecule has 0 aromatic heterocycles. The van der Waals surface area contributed by atoms with E-state index in [9.17, 15) is 14.7 Å². The second kappa shape index (κ2) is 22.1. The fourth-order valence-electron chi connectivity index (χ4n) is 3.43. The number of hydrogen-bond acceptors (Lipinski definition) is 7. The summed E-state index contributed by atoms with van der Waals surface area (Å²) >= 11 is 0. The van der Waals surface area contributed by atoms with Gasteiger partial charge in [-0.1, -0.05) is 38.5 Å². The van der Waals surface area contributed by atoms with Gasteiger partial charge in [0.1, 0.15) is 0 Å². The zero-order chi connectivity index (χ0) is 24.7. The molecule has 194 valence electrons. The van der Waals surface area contributed by atoms with Crippen LogP contribution in [-0.2, 0) is 9.59 Å². The second-order valence-corrected chi connectivity index (χ2v) is 8.63. The molecule has 0 aromatic carbocycles. The van der Waals surface area contributed by atoms with Crippen molar-refractivity contribution in [1.29, 1.82) is 5.41 Å². The molecule has 0 aliphatic carbocycles. The number of rotatable bonds is 23. The topological polar surface area (TPSA) is 192 Å². The van der Waals surface area contributed by atoms with Crippen molar-refractivity contribution in [2.24, 2.45) is 17.2 Å². The summed E-state index contributed by atoms with van der Waals surface area (Å²) in [5, 5.41) is 26.0. The first-order valence-corrected chi connectivity index (χ1v) is 12.6. The van der Waals surface area contributed by atoms with Gasteiger partial charge in [-0.25, -0.2) is 0 Å². The number of carbonyl (C=O) groups excluding carboxylic acids is 2. The summed E-state index contributed by atoms with van der Waals surface area (Å²) in [7, 11) is 0. The maximum atomic E-state index is 12.2. The lowest BCUT2D eigenvalue weighted by Crippen LogP contribution is -2.44. The quantitative estimate of drug-likeness (QED) is 0.0598. The van der Waals surface area contributed by atoms with Crippen molar-refractivity contribution in [2.75, 3.05) is 32.7 Å². The van der Waals surface area contributed by atoms with Crippen molar-refractivity contribution in [3.8, 4) is 0 Å². The Labute approximate surface area is 199 Å². The van der Waals surface area contributed by atoms with E-state index in [1.165, 1.54) is 0 Å². The van der Waals surface area contributed by atoms with Gasteiger partial charge in [-0.2, -0.15) is 0 Å². The maximum absolute atomic E-state index is 12.2. The summed E-state index contributed by atoms with van der Waals surface area (Å²) in [6, 6.07) is -1.01. The van der Waals surface area contributed by atoms with Gasteiger partial charge >= 0.3 is 0 Å². The number of nitrogens with one attached hydrogen (secondary N) is 4. The Balaban J connectivity index is 3.65. The second-order valence-electron chi connectivity index (χ2n) is 8.63. The first kappa shape index (κ1) is 31.2. The van der Waals surface area contributed by atoms with Crippen LogP contribution in [0.15, 0.2) is 0 Å². The zero-order valence-corrected chi connectivity index (χ0v) is 20.4. The predicted molar refractivity (Wildman–Crippen MR) is 134 cm³/mol. The van der Waals surface area contributed by atoms with Crippen LogP contribution in [0, 0.1) is 5.41 Å². The molecule has 0 saturated heterocycles. The third-order valence-electron chi connectivity index (χ3n) is 5.51. The predicted octanol–water partition coefficient (Wildman–Crippen LogP) is 0.463. The van der Waals surface area contributed by atoms with Crippen molar-refractivity contribution in [3.05, 3.63) is 0 Å². The van der Waals surface area contributed by atoms with E-state index in [0.29, 0.717) is 19.5 Å². The number of hydrogen-bond donors (Lipinski definition) is 8. The molecular weight excluding hydrogens is 422 g/mol. The van der Waals surface area contributed by atoms with E-state index >= 15 is 0 Å². The number of amides is 1. The number of aliphatic hydroxyl groups excluding tert-OH is 1. The summed E-state index contributed by atoms with van der Waals surface area (Å²) in [6.45, 7) is 3.77. The zero-order valence-electron chi connectivity index (χ0n) is 20.4. The Hall–Kier alpha value is -1.75. The fraction of sp³-hybridized carbons (Fsp3) is 0.870. The molecule has 2 atom stereocenters. The lowest BCUT2D eigenvalue weighted by molar-refractivity contribution is -0.126. The number of guanidine groups is 1. The van der Waals surface area contributed by atoms with Crippen LogP contribution in [-0.4, -0.2) is 67.6 Å². The van der Waals surface area contributed by atoms with E-state index in [4.69, 9.17) is 22.6 Å². The monoisotopic (exact) mass is 471 g/mol. The largest absolute Gasteiger partial charge is 0.390 e.